The first-order valence-corrected chi connectivity index (χ1v) is 11.8. The molecule has 3 aromatic carbocycles. The summed E-state index contributed by atoms with van der Waals surface area (Å²) in [5.74, 6) is 0.274. The van der Waals surface area contributed by atoms with Gasteiger partial charge < -0.3 is 14.0 Å². The number of rotatable bonds is 8. The van der Waals surface area contributed by atoms with Crippen LogP contribution in [0.5, 0.6) is 5.75 Å². The SMILES string of the molecule is CCOC(=O)[C@H](Cc1ccccc1)Oc1ccc(-c2ccc(C)n2-c2ccc(Br)cc2)cc1. The number of nitrogens with zero attached hydrogens (tertiary/aromatic N) is 1. The molecule has 0 unspecified atom stereocenters. The van der Waals surface area contributed by atoms with Gasteiger partial charge in [0.25, 0.3) is 0 Å². The zero-order valence-electron chi connectivity index (χ0n) is 18.7. The normalized spacial score (nSPS) is 11.7. The molecule has 0 aliphatic heterocycles. The van der Waals surface area contributed by atoms with E-state index in [0.29, 0.717) is 18.8 Å². The molecule has 33 heavy (non-hydrogen) atoms. The molecule has 0 bridgehead atoms. The van der Waals surface area contributed by atoms with E-state index in [1.807, 2.05) is 66.7 Å². The number of carbonyl (C=O) groups excluding carboxylic acids is 1. The third kappa shape index (κ3) is 5.55. The van der Waals surface area contributed by atoms with Gasteiger partial charge in [-0.05, 0) is 85.6 Å². The predicted octanol–water partition coefficient (Wildman–Crippen LogP) is 6.77. The molecular formula is C28H26BrNO3. The standard InChI is InChI=1S/C28H26BrNO3/c1-3-32-28(31)27(19-21-7-5-4-6-8-21)33-25-16-10-22(11-17-25)26-18-9-20(2)30(26)24-14-12-23(29)13-15-24/h4-18,27H,3,19H2,1-2H3/t27-/m0/s1. The minimum absolute atomic E-state index is 0.318. The maximum atomic E-state index is 12.5. The summed E-state index contributed by atoms with van der Waals surface area (Å²) in [5.41, 5.74) is 5.43. The Hall–Kier alpha value is -3.31. The number of aryl methyl sites for hydroxylation is 1. The van der Waals surface area contributed by atoms with Crippen LogP contribution >= 0.6 is 15.9 Å². The van der Waals surface area contributed by atoms with E-state index >= 15 is 0 Å². The van der Waals surface area contributed by atoms with Crippen LogP contribution < -0.4 is 4.74 Å². The lowest BCUT2D eigenvalue weighted by molar-refractivity contribution is -0.151. The Kier molecular flexibility index (Phi) is 7.30. The zero-order chi connectivity index (χ0) is 23.2. The third-order valence-corrected chi connectivity index (χ3v) is 5.93. The molecule has 0 radical (unpaired) electrons. The molecule has 0 aliphatic rings. The summed E-state index contributed by atoms with van der Waals surface area (Å²) in [6.07, 6.45) is -0.250. The predicted molar refractivity (Wildman–Crippen MR) is 135 cm³/mol. The van der Waals surface area contributed by atoms with Crippen LogP contribution in [-0.4, -0.2) is 23.2 Å². The van der Waals surface area contributed by atoms with E-state index in [4.69, 9.17) is 9.47 Å². The monoisotopic (exact) mass is 503 g/mol. The fourth-order valence-corrected chi connectivity index (χ4v) is 4.07. The lowest BCUT2D eigenvalue weighted by Gasteiger charge is -2.18. The van der Waals surface area contributed by atoms with Crippen molar-refractivity contribution in [3.05, 3.63) is 107 Å². The molecule has 0 amide bonds. The topological polar surface area (TPSA) is 40.5 Å². The minimum atomic E-state index is -0.702. The van der Waals surface area contributed by atoms with Crippen LogP contribution in [0.15, 0.2) is 95.5 Å². The molecule has 4 rings (SSSR count). The number of hydrogen-bond donors (Lipinski definition) is 0. The Morgan fingerprint density at radius 2 is 1.61 bits per heavy atom. The number of benzene rings is 3. The van der Waals surface area contributed by atoms with E-state index in [1.165, 1.54) is 0 Å². The molecule has 0 saturated carbocycles. The maximum absolute atomic E-state index is 12.5. The highest BCUT2D eigenvalue weighted by Crippen LogP contribution is 2.29. The van der Waals surface area contributed by atoms with Crippen LogP contribution in [0.2, 0.25) is 0 Å². The Balaban J connectivity index is 1.56. The van der Waals surface area contributed by atoms with Gasteiger partial charge in [-0.25, -0.2) is 4.79 Å². The highest BCUT2D eigenvalue weighted by molar-refractivity contribution is 9.10. The van der Waals surface area contributed by atoms with E-state index in [9.17, 15) is 4.79 Å². The van der Waals surface area contributed by atoms with Crippen LogP contribution in [0.25, 0.3) is 16.9 Å². The van der Waals surface area contributed by atoms with Crippen LogP contribution in [0.3, 0.4) is 0 Å². The van der Waals surface area contributed by atoms with E-state index in [2.05, 4.69) is 51.7 Å². The van der Waals surface area contributed by atoms with Gasteiger partial charge in [0.15, 0.2) is 6.10 Å². The number of ether oxygens (including phenoxy) is 2. The molecule has 0 N–H and O–H groups in total. The first-order chi connectivity index (χ1) is 16.0. The summed E-state index contributed by atoms with van der Waals surface area (Å²) in [7, 11) is 0. The molecule has 4 aromatic rings. The quantitative estimate of drug-likeness (QED) is 0.249. The number of carbonyl (C=O) groups is 1. The van der Waals surface area contributed by atoms with E-state index in [1.54, 1.807) is 6.92 Å². The lowest BCUT2D eigenvalue weighted by atomic mass is 10.1. The van der Waals surface area contributed by atoms with Gasteiger partial charge in [0.05, 0.1) is 12.3 Å². The average Bonchev–Trinajstić information content (AvgIpc) is 3.22. The van der Waals surface area contributed by atoms with Gasteiger partial charge in [-0.1, -0.05) is 46.3 Å². The summed E-state index contributed by atoms with van der Waals surface area (Å²) >= 11 is 3.50. The van der Waals surface area contributed by atoms with Gasteiger partial charge >= 0.3 is 5.97 Å². The van der Waals surface area contributed by atoms with Crippen LogP contribution in [-0.2, 0) is 16.0 Å². The first-order valence-electron chi connectivity index (χ1n) is 11.0. The van der Waals surface area contributed by atoms with Gasteiger partial charge in [0, 0.05) is 22.3 Å². The molecule has 0 aliphatic carbocycles. The van der Waals surface area contributed by atoms with Gasteiger partial charge in [-0.3, -0.25) is 0 Å². The summed E-state index contributed by atoms with van der Waals surface area (Å²) < 4.78 is 14.6. The number of esters is 1. The first kappa shape index (κ1) is 22.9. The van der Waals surface area contributed by atoms with Gasteiger partial charge in [-0.15, -0.1) is 0 Å². The van der Waals surface area contributed by atoms with Crippen LogP contribution in [0, 0.1) is 6.92 Å². The second kappa shape index (κ2) is 10.5. The van der Waals surface area contributed by atoms with Crippen molar-refractivity contribution in [2.24, 2.45) is 0 Å². The van der Waals surface area contributed by atoms with E-state index < -0.39 is 6.10 Å². The zero-order valence-corrected chi connectivity index (χ0v) is 20.3. The van der Waals surface area contributed by atoms with E-state index in [-0.39, 0.29) is 5.97 Å². The average molecular weight is 504 g/mol. The van der Waals surface area contributed by atoms with Crippen molar-refractivity contribution in [2.75, 3.05) is 6.61 Å². The van der Waals surface area contributed by atoms with E-state index in [0.717, 1.165) is 32.7 Å². The van der Waals surface area contributed by atoms with Crippen LogP contribution in [0.4, 0.5) is 0 Å². The van der Waals surface area contributed by atoms with Crippen molar-refractivity contribution in [3.8, 4) is 22.7 Å². The number of aromatic nitrogens is 1. The molecule has 1 aromatic heterocycles. The van der Waals surface area contributed by atoms with Crippen LogP contribution in [0.1, 0.15) is 18.2 Å². The smallest absolute Gasteiger partial charge is 0.347 e. The second-order valence-electron chi connectivity index (χ2n) is 7.74. The highest BCUT2D eigenvalue weighted by atomic mass is 79.9. The fraction of sp³-hybridized carbons (Fsp3) is 0.179. The number of halogens is 1. The summed E-state index contributed by atoms with van der Waals surface area (Å²) in [5, 5.41) is 0. The minimum Gasteiger partial charge on any atom is -0.478 e. The van der Waals surface area contributed by atoms with Gasteiger partial charge in [0.2, 0.25) is 0 Å². The van der Waals surface area contributed by atoms with Gasteiger partial charge in [-0.2, -0.15) is 0 Å². The molecular weight excluding hydrogens is 478 g/mol. The van der Waals surface area contributed by atoms with Crippen molar-refractivity contribution in [2.45, 2.75) is 26.4 Å². The summed E-state index contributed by atoms with van der Waals surface area (Å²) in [6, 6.07) is 30.2. The van der Waals surface area contributed by atoms with Crippen molar-refractivity contribution in [3.63, 3.8) is 0 Å². The van der Waals surface area contributed by atoms with Crippen molar-refractivity contribution < 1.29 is 14.3 Å². The third-order valence-electron chi connectivity index (χ3n) is 5.40. The van der Waals surface area contributed by atoms with Crippen molar-refractivity contribution >= 4 is 21.9 Å². The Bertz CT molecular complexity index is 1200. The second-order valence-corrected chi connectivity index (χ2v) is 8.66. The van der Waals surface area contributed by atoms with Gasteiger partial charge in [0.1, 0.15) is 5.75 Å². The Labute approximate surface area is 202 Å². The fourth-order valence-electron chi connectivity index (χ4n) is 3.80. The number of hydrogen-bond acceptors (Lipinski definition) is 3. The molecule has 1 atom stereocenters. The van der Waals surface area contributed by atoms with Crippen molar-refractivity contribution in [1.29, 1.82) is 0 Å². The molecule has 5 heteroatoms. The molecule has 4 nitrogen and oxygen atoms in total. The molecule has 0 fully saturated rings. The highest BCUT2D eigenvalue weighted by Gasteiger charge is 2.22. The largest absolute Gasteiger partial charge is 0.478 e. The Morgan fingerprint density at radius 3 is 2.27 bits per heavy atom. The molecule has 0 spiro atoms. The van der Waals surface area contributed by atoms with Crippen molar-refractivity contribution in [1.82, 2.24) is 4.57 Å². The molecule has 168 valence electrons. The Morgan fingerprint density at radius 1 is 0.909 bits per heavy atom. The summed E-state index contributed by atoms with van der Waals surface area (Å²) in [6.45, 7) is 4.21. The molecule has 0 saturated heterocycles. The maximum Gasteiger partial charge on any atom is 0.347 e. The molecule has 1 heterocycles. The summed E-state index contributed by atoms with van der Waals surface area (Å²) in [4.78, 5) is 12.5. The lowest BCUT2D eigenvalue weighted by Crippen LogP contribution is -2.31.